The summed E-state index contributed by atoms with van der Waals surface area (Å²) in [5.41, 5.74) is 5.70. The second-order valence-electron chi connectivity index (χ2n) is 6.17. The van der Waals surface area contributed by atoms with Gasteiger partial charge < -0.3 is 4.74 Å². The molecule has 27 heavy (non-hydrogen) atoms. The van der Waals surface area contributed by atoms with Crippen LogP contribution in [0.3, 0.4) is 0 Å². The van der Waals surface area contributed by atoms with Crippen LogP contribution in [-0.4, -0.2) is 11.0 Å². The van der Waals surface area contributed by atoms with E-state index < -0.39 is 0 Å². The van der Waals surface area contributed by atoms with Gasteiger partial charge in [-0.1, -0.05) is 24.3 Å². The molecule has 0 fully saturated rings. The highest BCUT2D eigenvalue weighted by atomic mass is 32.1. The van der Waals surface area contributed by atoms with E-state index in [0.717, 1.165) is 16.8 Å². The number of hydrogen-bond acceptors (Lipinski definition) is 5. The van der Waals surface area contributed by atoms with Crippen LogP contribution in [0.4, 0.5) is 0 Å². The van der Waals surface area contributed by atoms with Gasteiger partial charge in [-0.25, -0.2) is 4.98 Å². The summed E-state index contributed by atoms with van der Waals surface area (Å²) in [6.07, 6.45) is 1.78. The number of carbonyl (C=O) groups excluding carboxylic acids is 1. The van der Waals surface area contributed by atoms with Crippen molar-refractivity contribution in [2.24, 2.45) is 0 Å². The third-order valence-electron chi connectivity index (χ3n) is 4.11. The molecule has 4 nitrogen and oxygen atoms in total. The molecule has 0 N–H and O–H groups in total. The highest BCUT2D eigenvalue weighted by molar-refractivity contribution is 7.11. The maximum absolute atomic E-state index is 11.0. The minimum Gasteiger partial charge on any atom is -0.427 e. The van der Waals surface area contributed by atoms with Crippen molar-refractivity contribution in [3.05, 3.63) is 69.5 Å². The summed E-state index contributed by atoms with van der Waals surface area (Å²) in [4.78, 5) is 15.6. The predicted octanol–water partition coefficient (Wildman–Crippen LogP) is 5.42. The summed E-state index contributed by atoms with van der Waals surface area (Å²) < 4.78 is 5.02. The summed E-state index contributed by atoms with van der Waals surface area (Å²) in [7, 11) is 0. The molecular formula is C22H18N2O2S. The Balaban J connectivity index is 1.87. The average Bonchev–Trinajstić information content (AvgIpc) is 3.13. The van der Waals surface area contributed by atoms with Gasteiger partial charge in [0.25, 0.3) is 0 Å². The fourth-order valence-corrected chi connectivity index (χ4v) is 3.33. The standard InChI is InChI=1S/C22H18N2O2S/c1-14-4-7-18(10-15(14)2)21-13-27-22(24-21)19(12-23)11-17-5-8-20(9-6-17)26-16(3)25/h4-11,13H,1-3H3. The Morgan fingerprint density at radius 3 is 2.52 bits per heavy atom. The molecule has 134 valence electrons. The summed E-state index contributed by atoms with van der Waals surface area (Å²) >= 11 is 1.45. The van der Waals surface area contributed by atoms with Crippen molar-refractivity contribution in [3.8, 4) is 23.1 Å². The van der Waals surface area contributed by atoms with E-state index in [1.54, 1.807) is 30.3 Å². The van der Waals surface area contributed by atoms with Crippen LogP contribution in [0.5, 0.6) is 5.75 Å². The van der Waals surface area contributed by atoms with Gasteiger partial charge in [0.15, 0.2) is 0 Å². The number of rotatable bonds is 4. The largest absolute Gasteiger partial charge is 0.427 e. The van der Waals surface area contributed by atoms with Crippen molar-refractivity contribution in [1.29, 1.82) is 5.26 Å². The molecule has 3 rings (SSSR count). The molecule has 1 aromatic heterocycles. The molecule has 0 unspecified atom stereocenters. The normalized spacial score (nSPS) is 11.1. The Kier molecular flexibility index (Phi) is 5.49. The van der Waals surface area contributed by atoms with Gasteiger partial charge in [0, 0.05) is 17.9 Å². The van der Waals surface area contributed by atoms with Crippen molar-refractivity contribution in [3.63, 3.8) is 0 Å². The zero-order valence-electron chi connectivity index (χ0n) is 15.3. The first-order valence-electron chi connectivity index (χ1n) is 8.40. The summed E-state index contributed by atoms with van der Waals surface area (Å²) in [5.74, 6) is 0.113. The van der Waals surface area contributed by atoms with E-state index >= 15 is 0 Å². The Hall–Kier alpha value is -3.23. The van der Waals surface area contributed by atoms with Gasteiger partial charge in [-0.05, 0) is 54.8 Å². The number of hydrogen-bond donors (Lipinski definition) is 0. The summed E-state index contributed by atoms with van der Waals surface area (Å²) in [6, 6.07) is 15.5. The molecule has 0 saturated carbocycles. The van der Waals surface area contributed by atoms with Crippen LogP contribution in [0.2, 0.25) is 0 Å². The number of nitrogens with zero attached hydrogens (tertiary/aromatic N) is 2. The first-order valence-corrected chi connectivity index (χ1v) is 9.28. The number of benzene rings is 2. The van der Waals surface area contributed by atoms with E-state index in [1.165, 1.54) is 29.4 Å². The first kappa shape index (κ1) is 18.6. The zero-order chi connectivity index (χ0) is 19.4. The van der Waals surface area contributed by atoms with Gasteiger partial charge in [-0.3, -0.25) is 4.79 Å². The molecule has 0 spiro atoms. The van der Waals surface area contributed by atoms with Gasteiger partial charge in [-0.2, -0.15) is 5.26 Å². The Morgan fingerprint density at radius 1 is 1.15 bits per heavy atom. The van der Waals surface area contributed by atoms with Crippen molar-refractivity contribution >= 4 is 29.0 Å². The quantitative estimate of drug-likeness (QED) is 0.348. The van der Waals surface area contributed by atoms with Crippen LogP contribution in [0.1, 0.15) is 28.6 Å². The number of aryl methyl sites for hydroxylation is 2. The summed E-state index contributed by atoms with van der Waals surface area (Å²) in [6.45, 7) is 5.51. The van der Waals surface area contributed by atoms with Crippen molar-refractivity contribution in [2.45, 2.75) is 20.8 Å². The number of ether oxygens (including phenoxy) is 1. The molecule has 0 saturated heterocycles. The van der Waals surface area contributed by atoms with Crippen LogP contribution < -0.4 is 4.74 Å². The second-order valence-corrected chi connectivity index (χ2v) is 7.03. The van der Waals surface area contributed by atoms with Crippen molar-refractivity contribution < 1.29 is 9.53 Å². The molecular weight excluding hydrogens is 356 g/mol. The molecule has 2 aromatic carbocycles. The first-order chi connectivity index (χ1) is 13.0. The van der Waals surface area contributed by atoms with E-state index in [2.05, 4.69) is 37.0 Å². The molecule has 5 heteroatoms. The Labute approximate surface area is 162 Å². The Morgan fingerprint density at radius 2 is 1.89 bits per heavy atom. The third kappa shape index (κ3) is 4.49. The van der Waals surface area contributed by atoms with E-state index in [-0.39, 0.29) is 5.97 Å². The number of allylic oxidation sites excluding steroid dienone is 1. The average molecular weight is 374 g/mol. The second kappa shape index (κ2) is 7.98. The van der Waals surface area contributed by atoms with Crippen molar-refractivity contribution in [1.82, 2.24) is 4.98 Å². The highest BCUT2D eigenvalue weighted by Crippen LogP contribution is 2.28. The van der Waals surface area contributed by atoms with E-state index in [0.29, 0.717) is 16.3 Å². The molecule has 0 aliphatic heterocycles. The summed E-state index contributed by atoms with van der Waals surface area (Å²) in [5, 5.41) is 12.2. The number of carbonyl (C=O) groups is 1. The molecule has 0 bridgehead atoms. The molecule has 1 heterocycles. The van der Waals surface area contributed by atoms with Gasteiger partial charge in [0.05, 0.1) is 11.3 Å². The topological polar surface area (TPSA) is 63.0 Å². The number of nitriles is 1. The number of esters is 1. The van der Waals surface area contributed by atoms with Crippen LogP contribution in [0, 0.1) is 25.2 Å². The fraction of sp³-hybridized carbons (Fsp3) is 0.136. The minimum absolute atomic E-state index is 0.363. The smallest absolute Gasteiger partial charge is 0.308 e. The Bertz CT molecular complexity index is 1060. The van der Waals surface area contributed by atoms with Gasteiger partial charge in [-0.15, -0.1) is 11.3 Å². The molecule has 3 aromatic rings. The number of aromatic nitrogens is 1. The predicted molar refractivity (Wildman–Crippen MR) is 108 cm³/mol. The maximum atomic E-state index is 11.0. The molecule has 0 radical (unpaired) electrons. The number of thiazole rings is 1. The van der Waals surface area contributed by atoms with Gasteiger partial charge >= 0.3 is 5.97 Å². The lowest BCUT2D eigenvalue weighted by molar-refractivity contribution is -0.131. The van der Waals surface area contributed by atoms with E-state index in [9.17, 15) is 10.1 Å². The van der Waals surface area contributed by atoms with Crippen LogP contribution in [0.25, 0.3) is 22.9 Å². The molecule has 0 atom stereocenters. The van der Waals surface area contributed by atoms with E-state index in [1.807, 2.05) is 11.4 Å². The fourth-order valence-electron chi connectivity index (χ4n) is 2.54. The molecule has 0 amide bonds. The molecule has 0 aliphatic carbocycles. The zero-order valence-corrected chi connectivity index (χ0v) is 16.1. The molecule has 0 aliphatic rings. The van der Waals surface area contributed by atoms with E-state index in [4.69, 9.17) is 4.74 Å². The van der Waals surface area contributed by atoms with Crippen LogP contribution >= 0.6 is 11.3 Å². The highest BCUT2D eigenvalue weighted by Gasteiger charge is 2.10. The lowest BCUT2D eigenvalue weighted by atomic mass is 10.1. The maximum Gasteiger partial charge on any atom is 0.308 e. The lowest BCUT2D eigenvalue weighted by Gasteiger charge is -2.02. The van der Waals surface area contributed by atoms with Crippen LogP contribution in [-0.2, 0) is 4.79 Å². The monoisotopic (exact) mass is 374 g/mol. The SMILES string of the molecule is CC(=O)Oc1ccc(C=C(C#N)c2nc(-c3ccc(C)c(C)c3)cs2)cc1. The van der Waals surface area contributed by atoms with Crippen molar-refractivity contribution in [2.75, 3.05) is 0 Å². The van der Waals surface area contributed by atoms with Gasteiger partial charge in [0.2, 0.25) is 0 Å². The minimum atomic E-state index is -0.363. The van der Waals surface area contributed by atoms with Gasteiger partial charge in [0.1, 0.15) is 16.8 Å². The lowest BCUT2D eigenvalue weighted by Crippen LogP contribution is -2.00. The van der Waals surface area contributed by atoms with Crippen LogP contribution in [0.15, 0.2) is 47.8 Å². The third-order valence-corrected chi connectivity index (χ3v) is 4.99.